The third-order valence-corrected chi connectivity index (χ3v) is 6.32. The van der Waals surface area contributed by atoms with Crippen LogP contribution in [-0.2, 0) is 11.2 Å². The first kappa shape index (κ1) is 23.3. The largest absolute Gasteiger partial charge is 0.497 e. The minimum absolute atomic E-state index is 0.324. The van der Waals surface area contributed by atoms with Gasteiger partial charge in [0, 0.05) is 17.2 Å². The molecule has 1 amide bonds. The number of carbonyl (C=O) groups excluding carboxylic acids is 1. The van der Waals surface area contributed by atoms with E-state index in [0.29, 0.717) is 34.6 Å². The number of carboxylic acids is 1. The molecule has 0 saturated carbocycles. The Morgan fingerprint density at radius 1 is 0.971 bits per heavy atom. The molecule has 0 aromatic heterocycles. The van der Waals surface area contributed by atoms with Gasteiger partial charge in [0.15, 0.2) is 0 Å². The Labute approximate surface area is 198 Å². The van der Waals surface area contributed by atoms with Crippen molar-refractivity contribution in [1.29, 1.82) is 0 Å². The summed E-state index contributed by atoms with van der Waals surface area (Å²) < 4.78 is 10.9. The Kier molecular flexibility index (Phi) is 6.84. The number of nitrogens with zero attached hydrogens (tertiary/aromatic N) is 1. The lowest BCUT2D eigenvalue weighted by Crippen LogP contribution is -2.52. The van der Waals surface area contributed by atoms with E-state index in [1.165, 1.54) is 19.1 Å². The minimum atomic E-state index is -1.07. The molecular formula is C27H27NO6. The van der Waals surface area contributed by atoms with E-state index in [9.17, 15) is 19.8 Å². The van der Waals surface area contributed by atoms with Gasteiger partial charge in [-0.2, -0.15) is 0 Å². The van der Waals surface area contributed by atoms with E-state index < -0.39 is 24.0 Å². The van der Waals surface area contributed by atoms with E-state index in [1.807, 2.05) is 30.3 Å². The highest BCUT2D eigenvalue weighted by Crippen LogP contribution is 2.47. The number of benzene rings is 3. The number of aliphatic hydroxyl groups is 1. The topological polar surface area (TPSA) is 96.3 Å². The van der Waals surface area contributed by atoms with Gasteiger partial charge in [-0.05, 0) is 35.7 Å². The van der Waals surface area contributed by atoms with Crippen LogP contribution in [0, 0.1) is 0 Å². The fourth-order valence-corrected chi connectivity index (χ4v) is 4.75. The summed E-state index contributed by atoms with van der Waals surface area (Å²) in [6.07, 6.45) is 0.368. The Balaban J connectivity index is 1.92. The van der Waals surface area contributed by atoms with Crippen molar-refractivity contribution in [3.63, 3.8) is 0 Å². The second kappa shape index (κ2) is 9.97. The van der Waals surface area contributed by atoms with Crippen molar-refractivity contribution in [2.45, 2.75) is 24.4 Å². The molecule has 1 aliphatic rings. The average Bonchev–Trinajstić information content (AvgIpc) is 2.87. The van der Waals surface area contributed by atoms with Crippen molar-refractivity contribution in [3.8, 4) is 11.5 Å². The van der Waals surface area contributed by atoms with Gasteiger partial charge in [-0.25, -0.2) is 0 Å². The van der Waals surface area contributed by atoms with Crippen LogP contribution in [0.4, 0.5) is 0 Å². The molecule has 0 radical (unpaired) electrons. The molecule has 0 unspecified atom stereocenters. The molecule has 1 heterocycles. The molecule has 3 aromatic carbocycles. The van der Waals surface area contributed by atoms with E-state index in [0.717, 1.165) is 5.56 Å². The lowest BCUT2D eigenvalue weighted by Gasteiger charge is -2.45. The third kappa shape index (κ3) is 4.22. The van der Waals surface area contributed by atoms with Gasteiger partial charge in [-0.15, -0.1) is 0 Å². The maximum atomic E-state index is 13.8. The van der Waals surface area contributed by atoms with Crippen LogP contribution in [0.3, 0.4) is 0 Å². The van der Waals surface area contributed by atoms with Crippen molar-refractivity contribution >= 4 is 11.9 Å². The highest BCUT2D eigenvalue weighted by molar-refractivity contribution is 6.00. The SMILES string of the molecule is COc1ccc([C@@H]2[C@@H](C(=O)O)c3ccccc3C(=O)N2[C@H](CO)Cc2ccccc2)c(OC)c1. The van der Waals surface area contributed by atoms with E-state index in [1.54, 1.807) is 42.5 Å². The first-order chi connectivity index (χ1) is 16.5. The number of carbonyl (C=O) groups is 2. The quantitative estimate of drug-likeness (QED) is 0.531. The van der Waals surface area contributed by atoms with Crippen LogP contribution < -0.4 is 9.47 Å². The molecule has 2 N–H and O–H groups in total. The van der Waals surface area contributed by atoms with Crippen LogP contribution in [0.25, 0.3) is 0 Å². The van der Waals surface area contributed by atoms with Gasteiger partial charge in [-0.3, -0.25) is 9.59 Å². The van der Waals surface area contributed by atoms with E-state index >= 15 is 0 Å². The van der Waals surface area contributed by atoms with Crippen LogP contribution in [0.2, 0.25) is 0 Å². The zero-order valence-electron chi connectivity index (χ0n) is 19.0. The maximum absolute atomic E-state index is 13.8. The maximum Gasteiger partial charge on any atom is 0.313 e. The number of aliphatic hydroxyl groups excluding tert-OH is 1. The zero-order chi connectivity index (χ0) is 24.2. The van der Waals surface area contributed by atoms with Gasteiger partial charge in [-0.1, -0.05) is 48.5 Å². The highest BCUT2D eigenvalue weighted by atomic mass is 16.5. The Hall–Kier alpha value is -3.84. The molecule has 7 nitrogen and oxygen atoms in total. The van der Waals surface area contributed by atoms with E-state index in [2.05, 4.69) is 0 Å². The molecule has 3 aromatic rings. The number of hydrogen-bond acceptors (Lipinski definition) is 5. The van der Waals surface area contributed by atoms with E-state index in [4.69, 9.17) is 9.47 Å². The molecule has 34 heavy (non-hydrogen) atoms. The first-order valence-corrected chi connectivity index (χ1v) is 11.0. The summed E-state index contributed by atoms with van der Waals surface area (Å²) in [5.74, 6) is -1.50. The molecule has 7 heteroatoms. The minimum Gasteiger partial charge on any atom is -0.497 e. The Morgan fingerprint density at radius 2 is 1.68 bits per heavy atom. The van der Waals surface area contributed by atoms with Crippen molar-refractivity contribution in [3.05, 3.63) is 95.1 Å². The van der Waals surface area contributed by atoms with Crippen LogP contribution in [0.1, 0.15) is 39.0 Å². The molecule has 1 aliphatic heterocycles. The van der Waals surface area contributed by atoms with Crippen LogP contribution in [-0.4, -0.2) is 53.9 Å². The van der Waals surface area contributed by atoms with Gasteiger partial charge in [0.05, 0.1) is 32.9 Å². The van der Waals surface area contributed by atoms with Gasteiger partial charge in [0.2, 0.25) is 0 Å². The first-order valence-electron chi connectivity index (χ1n) is 11.0. The fourth-order valence-electron chi connectivity index (χ4n) is 4.75. The lowest BCUT2D eigenvalue weighted by atomic mass is 9.78. The van der Waals surface area contributed by atoms with Gasteiger partial charge in [0.1, 0.15) is 17.4 Å². The normalized spacial score (nSPS) is 18.2. The summed E-state index contributed by atoms with van der Waals surface area (Å²) in [4.78, 5) is 28.0. The van der Waals surface area contributed by atoms with Crippen molar-refractivity contribution in [1.82, 2.24) is 4.90 Å². The molecule has 0 fully saturated rings. The molecule has 176 valence electrons. The molecular weight excluding hydrogens is 434 g/mol. The monoisotopic (exact) mass is 461 g/mol. The van der Waals surface area contributed by atoms with Gasteiger partial charge >= 0.3 is 5.97 Å². The standard InChI is InChI=1S/C27H27NO6/c1-33-19-12-13-22(23(15-19)34-2)25-24(27(31)32)20-10-6-7-11-21(20)26(30)28(25)18(16-29)14-17-8-4-3-5-9-17/h3-13,15,18,24-25,29H,14,16H2,1-2H3,(H,31,32)/t18-,24-,25+/m0/s1. The molecule has 0 bridgehead atoms. The van der Waals surface area contributed by atoms with Crippen LogP contribution >= 0.6 is 0 Å². The molecule has 0 saturated heterocycles. The fraction of sp³-hybridized carbons (Fsp3) is 0.259. The smallest absolute Gasteiger partial charge is 0.313 e. The summed E-state index contributed by atoms with van der Waals surface area (Å²) >= 11 is 0. The number of aliphatic carboxylic acids is 1. The van der Waals surface area contributed by atoms with Crippen molar-refractivity contribution in [2.75, 3.05) is 20.8 Å². The second-order valence-corrected chi connectivity index (χ2v) is 8.19. The number of amides is 1. The van der Waals surface area contributed by atoms with Gasteiger partial charge in [0.25, 0.3) is 5.91 Å². The number of carboxylic acid groups (broad SMARTS) is 1. The summed E-state index contributed by atoms with van der Waals surface area (Å²) in [6.45, 7) is -0.329. The molecule has 0 spiro atoms. The number of methoxy groups -OCH3 is 2. The Bertz CT molecular complexity index is 1180. The summed E-state index contributed by atoms with van der Waals surface area (Å²) in [5.41, 5.74) is 2.23. The second-order valence-electron chi connectivity index (χ2n) is 8.19. The van der Waals surface area contributed by atoms with Crippen molar-refractivity contribution in [2.24, 2.45) is 0 Å². The molecule has 3 atom stereocenters. The van der Waals surface area contributed by atoms with Crippen molar-refractivity contribution < 1.29 is 29.3 Å². The number of fused-ring (bicyclic) bond motifs is 1. The summed E-state index contributed by atoms with van der Waals surface area (Å²) in [5, 5.41) is 20.8. The van der Waals surface area contributed by atoms with Crippen LogP contribution in [0.5, 0.6) is 11.5 Å². The summed E-state index contributed by atoms with van der Waals surface area (Å²) in [7, 11) is 3.02. The summed E-state index contributed by atoms with van der Waals surface area (Å²) in [6, 6.07) is 19.8. The van der Waals surface area contributed by atoms with E-state index in [-0.39, 0.29) is 12.5 Å². The number of rotatable bonds is 8. The van der Waals surface area contributed by atoms with Gasteiger partial charge < -0.3 is 24.6 Å². The molecule has 0 aliphatic carbocycles. The van der Waals surface area contributed by atoms with Crippen LogP contribution in [0.15, 0.2) is 72.8 Å². The number of ether oxygens (including phenoxy) is 2. The Morgan fingerprint density at radius 3 is 2.32 bits per heavy atom. The highest BCUT2D eigenvalue weighted by Gasteiger charge is 2.47. The predicted octanol–water partition coefficient (Wildman–Crippen LogP) is 3.67. The third-order valence-electron chi connectivity index (χ3n) is 6.32. The number of hydrogen-bond donors (Lipinski definition) is 2. The molecule has 4 rings (SSSR count). The zero-order valence-corrected chi connectivity index (χ0v) is 19.0. The average molecular weight is 462 g/mol. The predicted molar refractivity (Wildman–Crippen MR) is 126 cm³/mol. The lowest BCUT2D eigenvalue weighted by molar-refractivity contribution is -0.141.